The van der Waals surface area contributed by atoms with Crippen LogP contribution in [0.25, 0.3) is 11.3 Å². The van der Waals surface area contributed by atoms with Crippen molar-refractivity contribution in [2.24, 2.45) is 0 Å². The second kappa shape index (κ2) is 9.50. The lowest BCUT2D eigenvalue weighted by Gasteiger charge is -2.15. The number of nitrogens with zero attached hydrogens (tertiary/aromatic N) is 4. The van der Waals surface area contributed by atoms with Gasteiger partial charge < -0.3 is 4.74 Å². The normalized spacial score (nSPS) is 11.5. The summed E-state index contributed by atoms with van der Waals surface area (Å²) in [5, 5.41) is 16.1. The molecule has 1 aromatic carbocycles. The van der Waals surface area contributed by atoms with Gasteiger partial charge >= 0.3 is 5.69 Å². The topological polar surface area (TPSA) is 100 Å². The lowest BCUT2D eigenvalue weighted by atomic mass is 10.0. The van der Waals surface area contributed by atoms with Crippen LogP contribution in [0.2, 0.25) is 30.7 Å². The van der Waals surface area contributed by atoms with Gasteiger partial charge in [-0.1, -0.05) is 49.4 Å². The molecular weight excluding hydrogens is 436 g/mol. The molecule has 8 nitrogen and oxygen atoms in total. The zero-order chi connectivity index (χ0) is 22.6. The molecule has 0 unspecified atom stereocenters. The zero-order valence-electron chi connectivity index (χ0n) is 17.5. The number of carbonyl (C=O) groups is 1. The molecule has 0 N–H and O–H groups in total. The molecule has 0 aliphatic heterocycles. The molecule has 0 aliphatic carbocycles. The molecule has 162 valence electrons. The molecule has 0 amide bonds. The van der Waals surface area contributed by atoms with Gasteiger partial charge in [0, 0.05) is 32.0 Å². The number of aromatic nitrogens is 3. The summed E-state index contributed by atoms with van der Waals surface area (Å²) >= 11 is 5.84. The fourth-order valence-electron chi connectivity index (χ4n) is 2.90. The van der Waals surface area contributed by atoms with E-state index in [4.69, 9.17) is 16.3 Å². The molecule has 0 saturated carbocycles. The molecule has 0 bridgehead atoms. The van der Waals surface area contributed by atoms with Crippen molar-refractivity contribution in [1.82, 2.24) is 14.8 Å². The average molecular weight is 459 g/mol. The minimum Gasteiger partial charge on any atom is -0.360 e. The summed E-state index contributed by atoms with van der Waals surface area (Å²) in [4.78, 5) is 27.9. The lowest BCUT2D eigenvalue weighted by molar-refractivity contribution is -0.384. The molecule has 2 heterocycles. The van der Waals surface area contributed by atoms with E-state index in [-0.39, 0.29) is 29.6 Å². The van der Waals surface area contributed by atoms with Gasteiger partial charge in [-0.2, -0.15) is 5.10 Å². The molecule has 0 spiro atoms. The number of pyridine rings is 1. The molecule has 31 heavy (non-hydrogen) atoms. The molecule has 0 fully saturated rings. The Kier molecular flexibility index (Phi) is 6.99. The summed E-state index contributed by atoms with van der Waals surface area (Å²) in [7, 11) is -1.26. The van der Waals surface area contributed by atoms with Crippen LogP contribution in [0.5, 0.6) is 0 Å². The third-order valence-electron chi connectivity index (χ3n) is 4.59. The summed E-state index contributed by atoms with van der Waals surface area (Å²) in [5.74, 6) is -0.307. The number of carbonyl (C=O) groups excluding carboxylic acids is 1. The van der Waals surface area contributed by atoms with Crippen molar-refractivity contribution in [2.45, 2.75) is 32.4 Å². The fourth-order valence-corrected chi connectivity index (χ4v) is 3.77. The van der Waals surface area contributed by atoms with Crippen molar-refractivity contribution in [2.75, 3.05) is 6.61 Å². The van der Waals surface area contributed by atoms with Gasteiger partial charge in [-0.25, -0.2) is 4.68 Å². The first-order valence-corrected chi connectivity index (χ1v) is 13.8. The third kappa shape index (κ3) is 5.84. The Labute approximate surface area is 186 Å². The number of ether oxygens (including phenoxy) is 1. The second-order valence-electron chi connectivity index (χ2n) is 8.25. The van der Waals surface area contributed by atoms with Crippen molar-refractivity contribution in [3.8, 4) is 11.3 Å². The first kappa shape index (κ1) is 22.8. The molecule has 3 aromatic rings. The first-order chi connectivity index (χ1) is 14.7. The maximum Gasteiger partial charge on any atom is 0.315 e. The van der Waals surface area contributed by atoms with Gasteiger partial charge in [0.25, 0.3) is 0 Å². The third-order valence-corrected chi connectivity index (χ3v) is 6.51. The number of nitro groups is 1. The van der Waals surface area contributed by atoms with Crippen molar-refractivity contribution in [3.05, 3.63) is 75.2 Å². The van der Waals surface area contributed by atoms with Gasteiger partial charge in [-0.05, 0) is 24.2 Å². The first-order valence-electron chi connectivity index (χ1n) is 9.70. The summed E-state index contributed by atoms with van der Waals surface area (Å²) < 4.78 is 7.18. The highest BCUT2D eigenvalue weighted by molar-refractivity contribution is 6.76. The molecule has 0 atom stereocenters. The largest absolute Gasteiger partial charge is 0.360 e. The van der Waals surface area contributed by atoms with Gasteiger partial charge in [0.15, 0.2) is 0 Å². The van der Waals surface area contributed by atoms with E-state index in [0.717, 1.165) is 6.04 Å². The van der Waals surface area contributed by atoms with Gasteiger partial charge in [-0.15, -0.1) is 0 Å². The summed E-state index contributed by atoms with van der Waals surface area (Å²) in [5.41, 5.74) is 1.23. The maximum atomic E-state index is 12.8. The highest BCUT2D eigenvalue weighted by Crippen LogP contribution is 2.31. The van der Waals surface area contributed by atoms with Gasteiger partial charge in [0.2, 0.25) is 5.78 Å². The maximum absolute atomic E-state index is 12.8. The number of hydrogen-bond donors (Lipinski definition) is 0. The number of halogens is 1. The van der Waals surface area contributed by atoms with Crippen LogP contribution in [-0.2, 0) is 11.5 Å². The Balaban J connectivity index is 1.90. The quantitative estimate of drug-likeness (QED) is 0.146. The second-order valence-corrected chi connectivity index (χ2v) is 14.3. The van der Waals surface area contributed by atoms with E-state index in [1.807, 2.05) is 0 Å². The molecule has 10 heteroatoms. The minimum absolute atomic E-state index is 0.0879. The Bertz CT molecular complexity index is 1090. The van der Waals surface area contributed by atoms with Crippen LogP contribution >= 0.6 is 11.6 Å². The highest BCUT2D eigenvalue weighted by Gasteiger charge is 2.23. The van der Waals surface area contributed by atoms with Crippen LogP contribution in [0.3, 0.4) is 0 Å². The summed E-state index contributed by atoms with van der Waals surface area (Å²) in [6.07, 6.45) is 2.60. The number of rotatable bonds is 9. The molecule has 0 aliphatic rings. The zero-order valence-corrected chi connectivity index (χ0v) is 19.3. The van der Waals surface area contributed by atoms with E-state index in [1.54, 1.807) is 30.3 Å². The number of benzene rings is 1. The van der Waals surface area contributed by atoms with Crippen LogP contribution < -0.4 is 0 Å². The molecule has 0 radical (unpaired) electrons. The van der Waals surface area contributed by atoms with Crippen LogP contribution in [-0.4, -0.2) is 40.2 Å². The Morgan fingerprint density at radius 2 is 2.00 bits per heavy atom. The van der Waals surface area contributed by atoms with E-state index in [1.165, 1.54) is 23.1 Å². The van der Waals surface area contributed by atoms with Gasteiger partial charge in [0.05, 0.1) is 9.95 Å². The van der Waals surface area contributed by atoms with Crippen molar-refractivity contribution in [3.63, 3.8) is 0 Å². The van der Waals surface area contributed by atoms with E-state index in [0.29, 0.717) is 22.8 Å². The van der Waals surface area contributed by atoms with E-state index >= 15 is 0 Å². The minimum atomic E-state index is -1.26. The predicted molar refractivity (Wildman–Crippen MR) is 121 cm³/mol. The molecular formula is C21H23ClN4O4Si. The number of hydrogen-bond acceptors (Lipinski definition) is 6. The molecule has 0 saturated heterocycles. The highest BCUT2D eigenvalue weighted by atomic mass is 35.5. The van der Waals surface area contributed by atoms with Crippen LogP contribution in [0.15, 0.2) is 48.8 Å². The smallest absolute Gasteiger partial charge is 0.315 e. The lowest BCUT2D eigenvalue weighted by Crippen LogP contribution is -2.22. The standard InChI is InChI=1S/C21H23ClN4O4Si/c1-31(2,3)10-9-30-14-25-20(19(13-24-25)26(28)29)15-5-4-6-16(11-15)21(27)18-8-7-17(22)12-23-18/h4-8,11-13H,9-10,14H2,1-3H3. The van der Waals surface area contributed by atoms with Gasteiger partial charge in [-0.3, -0.25) is 19.9 Å². The van der Waals surface area contributed by atoms with Crippen LogP contribution in [0.1, 0.15) is 16.1 Å². The van der Waals surface area contributed by atoms with Gasteiger partial charge in [0.1, 0.15) is 24.3 Å². The predicted octanol–water partition coefficient (Wildman–Crippen LogP) is 5.05. The summed E-state index contributed by atoms with van der Waals surface area (Å²) in [6.45, 7) is 7.39. The fraction of sp³-hybridized carbons (Fsp3) is 0.286. The van der Waals surface area contributed by atoms with E-state index in [2.05, 4.69) is 29.7 Å². The van der Waals surface area contributed by atoms with Crippen molar-refractivity contribution >= 4 is 31.1 Å². The summed E-state index contributed by atoms with van der Waals surface area (Å²) in [6, 6.07) is 10.7. The van der Waals surface area contributed by atoms with Crippen molar-refractivity contribution in [1.29, 1.82) is 0 Å². The Morgan fingerprint density at radius 1 is 1.23 bits per heavy atom. The average Bonchev–Trinajstić information content (AvgIpc) is 3.15. The molecule has 2 aromatic heterocycles. The van der Waals surface area contributed by atoms with Crippen LogP contribution in [0, 0.1) is 10.1 Å². The molecule has 3 rings (SSSR count). The van der Waals surface area contributed by atoms with Crippen LogP contribution in [0.4, 0.5) is 5.69 Å². The van der Waals surface area contributed by atoms with Crippen molar-refractivity contribution < 1.29 is 14.5 Å². The Morgan fingerprint density at radius 3 is 2.65 bits per heavy atom. The SMILES string of the molecule is C[Si](C)(C)CCOCn1ncc([N+](=O)[O-])c1-c1cccc(C(=O)c2ccc(Cl)cn2)c1. The van der Waals surface area contributed by atoms with E-state index in [9.17, 15) is 14.9 Å². The Hall–Kier alpha value is -2.88. The monoisotopic (exact) mass is 458 g/mol. The van der Waals surface area contributed by atoms with E-state index < -0.39 is 13.0 Å². The number of ketones is 1.